The number of nitrogens with zero attached hydrogens (tertiary/aromatic N) is 1. The van der Waals surface area contributed by atoms with Crippen LogP contribution in [0.25, 0.3) is 0 Å². The maximum atomic E-state index is 10.5. The lowest BCUT2D eigenvalue weighted by atomic mass is 10.1. The molecule has 0 radical (unpaired) electrons. The molecule has 0 heterocycles. The number of hydrogen-bond acceptors (Lipinski definition) is 1. The Hall–Kier alpha value is -0.530. The van der Waals surface area contributed by atoms with E-state index in [0.717, 1.165) is 19.4 Å². The summed E-state index contributed by atoms with van der Waals surface area (Å²) in [6, 6.07) is 0.339. The molecule has 0 aromatic rings. The first-order valence-corrected chi connectivity index (χ1v) is 4.29. The predicted molar refractivity (Wildman–Crippen MR) is 47.4 cm³/mol. The summed E-state index contributed by atoms with van der Waals surface area (Å²) < 4.78 is 0. The van der Waals surface area contributed by atoms with Gasteiger partial charge in [-0.25, -0.2) is 0 Å². The summed E-state index contributed by atoms with van der Waals surface area (Å²) in [6.07, 6.45) is 2.03. The molecule has 0 aliphatic rings. The number of rotatable bonds is 5. The number of amides is 1. The van der Waals surface area contributed by atoms with Gasteiger partial charge in [-0.1, -0.05) is 13.8 Å². The molecule has 2 heteroatoms. The van der Waals surface area contributed by atoms with Crippen molar-refractivity contribution in [3.05, 3.63) is 0 Å². The zero-order valence-corrected chi connectivity index (χ0v) is 8.00. The molecule has 0 atom stereocenters. The highest BCUT2D eigenvalue weighted by Gasteiger charge is 2.05. The molecule has 0 spiro atoms. The molecule has 0 saturated heterocycles. The molecule has 2 nitrogen and oxygen atoms in total. The van der Waals surface area contributed by atoms with Crippen LogP contribution in [-0.4, -0.2) is 23.9 Å². The van der Waals surface area contributed by atoms with Crippen molar-refractivity contribution in [2.24, 2.45) is 5.92 Å². The first-order valence-electron chi connectivity index (χ1n) is 4.29. The molecule has 0 bridgehead atoms. The minimum Gasteiger partial charge on any atom is -0.343 e. The largest absolute Gasteiger partial charge is 0.343 e. The van der Waals surface area contributed by atoms with Crippen LogP contribution in [0.1, 0.15) is 34.1 Å². The SMILES string of the molecule is CC(C)CCN(C=O)C(C)C. The topological polar surface area (TPSA) is 20.3 Å². The monoisotopic (exact) mass is 157 g/mol. The molecule has 0 aliphatic heterocycles. The summed E-state index contributed by atoms with van der Waals surface area (Å²) in [6.45, 7) is 9.30. The van der Waals surface area contributed by atoms with Gasteiger partial charge in [0.2, 0.25) is 6.41 Å². The highest BCUT2D eigenvalue weighted by molar-refractivity contribution is 5.47. The van der Waals surface area contributed by atoms with E-state index in [-0.39, 0.29) is 0 Å². The Bertz CT molecular complexity index is 110. The van der Waals surface area contributed by atoms with Gasteiger partial charge in [-0.2, -0.15) is 0 Å². The maximum absolute atomic E-state index is 10.5. The fourth-order valence-corrected chi connectivity index (χ4v) is 0.840. The van der Waals surface area contributed by atoms with Crippen LogP contribution >= 0.6 is 0 Å². The van der Waals surface area contributed by atoms with E-state index in [0.29, 0.717) is 12.0 Å². The third kappa shape index (κ3) is 4.82. The van der Waals surface area contributed by atoms with Crippen molar-refractivity contribution < 1.29 is 4.79 Å². The average molecular weight is 157 g/mol. The first kappa shape index (κ1) is 10.5. The second-order valence-corrected chi connectivity index (χ2v) is 3.62. The van der Waals surface area contributed by atoms with E-state index in [9.17, 15) is 4.79 Å². The van der Waals surface area contributed by atoms with Gasteiger partial charge in [-0.15, -0.1) is 0 Å². The molecular formula is C9H19NO. The van der Waals surface area contributed by atoms with Crippen molar-refractivity contribution in [1.82, 2.24) is 4.90 Å². The molecule has 0 aromatic carbocycles. The van der Waals surface area contributed by atoms with E-state index in [4.69, 9.17) is 0 Å². The molecule has 0 unspecified atom stereocenters. The predicted octanol–water partition coefficient (Wildman–Crippen LogP) is 1.90. The van der Waals surface area contributed by atoms with Crippen molar-refractivity contribution in [3.8, 4) is 0 Å². The smallest absolute Gasteiger partial charge is 0.209 e. The van der Waals surface area contributed by atoms with Crippen LogP contribution in [-0.2, 0) is 4.79 Å². The van der Waals surface area contributed by atoms with Crippen molar-refractivity contribution in [2.45, 2.75) is 40.2 Å². The normalized spacial score (nSPS) is 10.7. The standard InChI is InChI=1S/C9H19NO/c1-8(2)5-6-10(7-11)9(3)4/h7-9H,5-6H2,1-4H3. The van der Waals surface area contributed by atoms with E-state index in [1.807, 2.05) is 18.7 Å². The highest BCUT2D eigenvalue weighted by Crippen LogP contribution is 2.03. The summed E-state index contributed by atoms with van der Waals surface area (Å²) >= 11 is 0. The van der Waals surface area contributed by atoms with Crippen LogP contribution in [0.15, 0.2) is 0 Å². The minimum atomic E-state index is 0.339. The lowest BCUT2D eigenvalue weighted by Crippen LogP contribution is -2.30. The zero-order chi connectivity index (χ0) is 8.85. The van der Waals surface area contributed by atoms with Crippen LogP contribution in [0, 0.1) is 5.92 Å². The van der Waals surface area contributed by atoms with Gasteiger partial charge < -0.3 is 4.90 Å². The molecule has 0 N–H and O–H groups in total. The van der Waals surface area contributed by atoms with Gasteiger partial charge >= 0.3 is 0 Å². The van der Waals surface area contributed by atoms with E-state index in [2.05, 4.69) is 13.8 Å². The van der Waals surface area contributed by atoms with Crippen molar-refractivity contribution in [1.29, 1.82) is 0 Å². The van der Waals surface area contributed by atoms with Gasteiger partial charge in [0, 0.05) is 12.6 Å². The Morgan fingerprint density at radius 3 is 2.09 bits per heavy atom. The van der Waals surface area contributed by atoms with Gasteiger partial charge in [0.15, 0.2) is 0 Å². The van der Waals surface area contributed by atoms with E-state index in [1.54, 1.807) is 0 Å². The van der Waals surface area contributed by atoms with Crippen LogP contribution in [0.5, 0.6) is 0 Å². The van der Waals surface area contributed by atoms with Crippen LogP contribution in [0.4, 0.5) is 0 Å². The van der Waals surface area contributed by atoms with Gasteiger partial charge in [-0.3, -0.25) is 4.79 Å². The lowest BCUT2D eigenvalue weighted by molar-refractivity contribution is -0.119. The Morgan fingerprint density at radius 2 is 1.82 bits per heavy atom. The van der Waals surface area contributed by atoms with Crippen LogP contribution < -0.4 is 0 Å². The molecule has 0 aliphatic carbocycles. The van der Waals surface area contributed by atoms with Gasteiger partial charge in [-0.05, 0) is 26.2 Å². The molecule has 0 saturated carbocycles. The zero-order valence-electron chi connectivity index (χ0n) is 8.00. The fraction of sp³-hybridized carbons (Fsp3) is 0.889. The Kier molecular flexibility index (Phi) is 4.92. The van der Waals surface area contributed by atoms with Crippen LogP contribution in [0.3, 0.4) is 0 Å². The number of carbonyl (C=O) groups excluding carboxylic acids is 1. The Balaban J connectivity index is 3.61. The van der Waals surface area contributed by atoms with Gasteiger partial charge in [0.25, 0.3) is 0 Å². The minimum absolute atomic E-state index is 0.339. The molecule has 0 aromatic heterocycles. The molecule has 0 fully saturated rings. The molecule has 11 heavy (non-hydrogen) atoms. The van der Waals surface area contributed by atoms with E-state index in [1.165, 1.54) is 0 Å². The van der Waals surface area contributed by atoms with Gasteiger partial charge in [0.05, 0.1) is 0 Å². The molecular weight excluding hydrogens is 138 g/mol. The molecule has 66 valence electrons. The summed E-state index contributed by atoms with van der Waals surface area (Å²) in [4.78, 5) is 12.3. The highest BCUT2D eigenvalue weighted by atomic mass is 16.1. The van der Waals surface area contributed by atoms with Crippen LogP contribution in [0.2, 0.25) is 0 Å². The van der Waals surface area contributed by atoms with Gasteiger partial charge in [0.1, 0.15) is 0 Å². The number of carbonyl (C=O) groups is 1. The average Bonchev–Trinajstić information content (AvgIpc) is 1.87. The third-order valence-corrected chi connectivity index (χ3v) is 1.76. The first-order chi connectivity index (χ1) is 5.07. The number of hydrogen-bond donors (Lipinski definition) is 0. The van der Waals surface area contributed by atoms with Crippen molar-refractivity contribution in [2.75, 3.05) is 6.54 Å². The second-order valence-electron chi connectivity index (χ2n) is 3.62. The summed E-state index contributed by atoms with van der Waals surface area (Å²) in [7, 11) is 0. The third-order valence-electron chi connectivity index (χ3n) is 1.76. The lowest BCUT2D eigenvalue weighted by Gasteiger charge is -2.22. The Labute approximate surface area is 69.6 Å². The van der Waals surface area contributed by atoms with Crippen molar-refractivity contribution in [3.63, 3.8) is 0 Å². The van der Waals surface area contributed by atoms with E-state index < -0.39 is 0 Å². The molecule has 1 amide bonds. The fourth-order valence-electron chi connectivity index (χ4n) is 0.840. The summed E-state index contributed by atoms with van der Waals surface area (Å²) in [5.41, 5.74) is 0. The Morgan fingerprint density at radius 1 is 1.27 bits per heavy atom. The quantitative estimate of drug-likeness (QED) is 0.558. The second kappa shape index (κ2) is 5.16. The van der Waals surface area contributed by atoms with Crippen molar-refractivity contribution >= 4 is 6.41 Å². The summed E-state index contributed by atoms with van der Waals surface area (Å²) in [5.74, 6) is 0.677. The molecule has 0 rings (SSSR count). The maximum Gasteiger partial charge on any atom is 0.209 e. The van der Waals surface area contributed by atoms with E-state index >= 15 is 0 Å². The summed E-state index contributed by atoms with van der Waals surface area (Å²) in [5, 5.41) is 0.